The highest BCUT2D eigenvalue weighted by Crippen LogP contribution is 2.20. The molecule has 0 aromatic carbocycles. The first-order valence-electron chi connectivity index (χ1n) is 4.73. The van der Waals surface area contributed by atoms with Gasteiger partial charge in [0.15, 0.2) is 0 Å². The number of rotatable bonds is 2. The largest absolute Gasteiger partial charge is 0.403 e. The summed E-state index contributed by atoms with van der Waals surface area (Å²) in [6.07, 6.45) is 13.8. The third-order valence-corrected chi connectivity index (χ3v) is 2.00. The van der Waals surface area contributed by atoms with Gasteiger partial charge < -0.3 is 5.73 Å². The molecule has 0 unspecified atom stereocenters. The number of hydrogen-bond acceptors (Lipinski definition) is 2. The molecule has 2 N–H and O–H groups in total. The van der Waals surface area contributed by atoms with Gasteiger partial charge in [0.1, 0.15) is 0 Å². The summed E-state index contributed by atoms with van der Waals surface area (Å²) >= 11 is 0. The molecule has 14 heavy (non-hydrogen) atoms. The van der Waals surface area contributed by atoms with Gasteiger partial charge in [-0.05, 0) is 30.1 Å². The molecule has 0 aliphatic carbocycles. The minimum Gasteiger partial charge on any atom is -0.403 e. The van der Waals surface area contributed by atoms with Crippen LogP contribution in [0.4, 0.5) is 0 Å². The molecule has 2 heteroatoms. The molecule has 1 heterocycles. The van der Waals surface area contributed by atoms with Crippen molar-refractivity contribution in [1.82, 2.24) is 4.90 Å². The van der Waals surface area contributed by atoms with Crippen molar-refractivity contribution in [3.05, 3.63) is 35.8 Å². The van der Waals surface area contributed by atoms with E-state index in [0.29, 0.717) is 5.92 Å². The van der Waals surface area contributed by atoms with E-state index in [1.54, 1.807) is 4.90 Å². The molecule has 1 aliphatic heterocycles. The lowest BCUT2D eigenvalue weighted by Gasteiger charge is -2.19. The van der Waals surface area contributed by atoms with E-state index in [1.807, 2.05) is 18.4 Å². The van der Waals surface area contributed by atoms with Gasteiger partial charge in [-0.3, -0.25) is 4.90 Å². The van der Waals surface area contributed by atoms with Gasteiger partial charge in [-0.25, -0.2) is 0 Å². The van der Waals surface area contributed by atoms with Crippen molar-refractivity contribution in [3.8, 4) is 12.5 Å². The van der Waals surface area contributed by atoms with Crippen molar-refractivity contribution in [1.29, 1.82) is 0 Å². The number of allylic oxidation sites excluding steroid dienone is 3. The van der Waals surface area contributed by atoms with Crippen LogP contribution < -0.4 is 5.73 Å². The van der Waals surface area contributed by atoms with Crippen LogP contribution in [-0.4, -0.2) is 4.90 Å². The molecule has 0 amide bonds. The summed E-state index contributed by atoms with van der Waals surface area (Å²) < 4.78 is 0. The molecule has 1 rings (SSSR count). The Bertz CT molecular complexity index is 327. The van der Waals surface area contributed by atoms with Gasteiger partial charge in [0, 0.05) is 18.4 Å². The maximum Gasteiger partial charge on any atom is 0.0695 e. The zero-order valence-corrected chi connectivity index (χ0v) is 8.70. The summed E-state index contributed by atoms with van der Waals surface area (Å²) in [7, 11) is 0. The standard InChI is InChI=1S/C12H16N2/c1-4-14-6-5-11(7-10(2)3)8-12(14)9-13/h1,5-6,8-10H,7,13H2,2-3H3/b12-9-. The molecule has 0 fully saturated rings. The van der Waals surface area contributed by atoms with Crippen LogP contribution in [0.3, 0.4) is 0 Å². The highest BCUT2D eigenvalue weighted by molar-refractivity contribution is 5.37. The molecule has 1 aliphatic rings. The Morgan fingerprint density at radius 2 is 2.36 bits per heavy atom. The smallest absolute Gasteiger partial charge is 0.0695 e. The molecule has 0 atom stereocenters. The van der Waals surface area contributed by atoms with Crippen molar-refractivity contribution >= 4 is 0 Å². The Morgan fingerprint density at radius 3 is 2.86 bits per heavy atom. The van der Waals surface area contributed by atoms with Gasteiger partial charge in [0.2, 0.25) is 0 Å². The number of nitrogens with zero attached hydrogens (tertiary/aromatic N) is 1. The van der Waals surface area contributed by atoms with E-state index in [0.717, 1.165) is 12.1 Å². The molecule has 0 aromatic heterocycles. The second-order valence-electron chi connectivity index (χ2n) is 3.72. The normalized spacial score (nSPS) is 18.6. The SMILES string of the molecule is C#CN1C=CC(CC(C)C)=C/C1=C/N. The van der Waals surface area contributed by atoms with E-state index in [1.165, 1.54) is 11.8 Å². The molecule has 0 radical (unpaired) electrons. The zero-order chi connectivity index (χ0) is 10.6. The molecule has 0 aromatic rings. The Morgan fingerprint density at radius 1 is 1.64 bits per heavy atom. The average molecular weight is 188 g/mol. The molecule has 2 nitrogen and oxygen atoms in total. The first-order valence-corrected chi connectivity index (χ1v) is 4.73. The molecular weight excluding hydrogens is 172 g/mol. The number of hydrogen-bond donors (Lipinski definition) is 1. The molecule has 0 saturated carbocycles. The first kappa shape index (κ1) is 10.5. The van der Waals surface area contributed by atoms with Gasteiger partial charge >= 0.3 is 0 Å². The maximum absolute atomic E-state index is 5.48. The summed E-state index contributed by atoms with van der Waals surface area (Å²) in [4.78, 5) is 1.67. The van der Waals surface area contributed by atoms with Crippen LogP contribution in [0.2, 0.25) is 0 Å². The van der Waals surface area contributed by atoms with Crippen LogP contribution in [-0.2, 0) is 0 Å². The lowest BCUT2D eigenvalue weighted by atomic mass is 10.0. The molecule has 74 valence electrons. The van der Waals surface area contributed by atoms with Crippen LogP contribution in [0, 0.1) is 18.4 Å². The fourth-order valence-corrected chi connectivity index (χ4v) is 1.41. The summed E-state index contributed by atoms with van der Waals surface area (Å²) in [5, 5.41) is 0. The monoisotopic (exact) mass is 188 g/mol. The van der Waals surface area contributed by atoms with Gasteiger partial charge in [0.05, 0.1) is 5.70 Å². The van der Waals surface area contributed by atoms with E-state index >= 15 is 0 Å². The lowest BCUT2D eigenvalue weighted by Crippen LogP contribution is -2.13. The van der Waals surface area contributed by atoms with Crippen LogP contribution in [0.15, 0.2) is 35.8 Å². The molecular formula is C12H16N2. The topological polar surface area (TPSA) is 29.3 Å². The number of nitrogens with two attached hydrogens (primary N) is 1. The predicted molar refractivity (Wildman–Crippen MR) is 59.6 cm³/mol. The van der Waals surface area contributed by atoms with E-state index < -0.39 is 0 Å². The van der Waals surface area contributed by atoms with Crippen LogP contribution in [0.25, 0.3) is 0 Å². The van der Waals surface area contributed by atoms with Crippen molar-refractivity contribution in [3.63, 3.8) is 0 Å². The van der Waals surface area contributed by atoms with E-state index in [9.17, 15) is 0 Å². The van der Waals surface area contributed by atoms with E-state index in [-0.39, 0.29) is 0 Å². The van der Waals surface area contributed by atoms with E-state index in [2.05, 4.69) is 19.9 Å². The zero-order valence-electron chi connectivity index (χ0n) is 8.70. The summed E-state index contributed by atoms with van der Waals surface area (Å²) in [5.74, 6) is 0.641. The fraction of sp³-hybridized carbons (Fsp3) is 0.333. The van der Waals surface area contributed by atoms with Gasteiger partial charge in [-0.15, -0.1) is 0 Å². The third-order valence-electron chi connectivity index (χ3n) is 2.00. The van der Waals surface area contributed by atoms with Crippen molar-refractivity contribution < 1.29 is 0 Å². The maximum atomic E-state index is 5.48. The average Bonchev–Trinajstić information content (AvgIpc) is 2.16. The third kappa shape index (κ3) is 2.43. The van der Waals surface area contributed by atoms with Crippen LogP contribution >= 0.6 is 0 Å². The Hall–Kier alpha value is -1.62. The highest BCUT2D eigenvalue weighted by Gasteiger charge is 2.08. The molecule has 0 bridgehead atoms. The van der Waals surface area contributed by atoms with Gasteiger partial charge in [-0.2, -0.15) is 0 Å². The Kier molecular flexibility index (Phi) is 3.41. The second kappa shape index (κ2) is 4.57. The predicted octanol–water partition coefficient (Wildman–Crippen LogP) is 2.18. The minimum atomic E-state index is 0.641. The highest BCUT2D eigenvalue weighted by atomic mass is 15.1. The Balaban J connectivity index is 2.81. The van der Waals surface area contributed by atoms with Crippen LogP contribution in [0.1, 0.15) is 20.3 Å². The summed E-state index contributed by atoms with van der Waals surface area (Å²) in [6.45, 7) is 4.38. The van der Waals surface area contributed by atoms with E-state index in [4.69, 9.17) is 12.2 Å². The summed E-state index contributed by atoms with van der Waals surface area (Å²) in [6, 6.07) is 2.53. The quantitative estimate of drug-likeness (QED) is 0.673. The van der Waals surface area contributed by atoms with Crippen molar-refractivity contribution in [2.24, 2.45) is 11.7 Å². The second-order valence-corrected chi connectivity index (χ2v) is 3.72. The van der Waals surface area contributed by atoms with Crippen molar-refractivity contribution in [2.75, 3.05) is 0 Å². The molecule has 0 saturated heterocycles. The molecule has 0 spiro atoms. The van der Waals surface area contributed by atoms with Crippen LogP contribution in [0.5, 0.6) is 0 Å². The number of terminal acetylenes is 1. The minimum absolute atomic E-state index is 0.641. The Labute approximate surface area is 85.8 Å². The first-order chi connectivity index (χ1) is 6.67. The van der Waals surface area contributed by atoms with Crippen molar-refractivity contribution in [2.45, 2.75) is 20.3 Å². The van der Waals surface area contributed by atoms with Gasteiger partial charge in [0.25, 0.3) is 0 Å². The fourth-order valence-electron chi connectivity index (χ4n) is 1.41. The summed E-state index contributed by atoms with van der Waals surface area (Å²) in [5.41, 5.74) is 7.62. The lowest BCUT2D eigenvalue weighted by molar-refractivity contribution is 0.629. The van der Waals surface area contributed by atoms with Gasteiger partial charge in [-0.1, -0.05) is 20.3 Å².